The number of hydrogen-bond acceptors (Lipinski definition) is 4. The predicted octanol–water partition coefficient (Wildman–Crippen LogP) is 0.917. The van der Waals surface area contributed by atoms with Gasteiger partial charge < -0.3 is 15.6 Å². The second-order valence-corrected chi connectivity index (χ2v) is 6.56. The van der Waals surface area contributed by atoms with Crippen LogP contribution in [0, 0.1) is 5.92 Å². The number of amides is 1. The summed E-state index contributed by atoms with van der Waals surface area (Å²) in [5.74, 6) is 0.533. The normalized spacial score (nSPS) is 22.1. The van der Waals surface area contributed by atoms with Crippen LogP contribution in [0.5, 0.6) is 0 Å². The average Bonchev–Trinajstić information content (AvgIpc) is 3.42. The van der Waals surface area contributed by atoms with E-state index >= 15 is 0 Å². The van der Waals surface area contributed by atoms with Gasteiger partial charge in [-0.3, -0.25) is 9.59 Å². The largest absolute Gasteiger partial charge is 0.336 e. The van der Waals surface area contributed by atoms with Crippen molar-refractivity contribution in [2.45, 2.75) is 31.8 Å². The van der Waals surface area contributed by atoms with E-state index in [9.17, 15) is 9.59 Å². The third-order valence-corrected chi connectivity index (χ3v) is 5.07. The van der Waals surface area contributed by atoms with E-state index in [0.29, 0.717) is 37.5 Å². The van der Waals surface area contributed by atoms with E-state index in [1.54, 1.807) is 0 Å². The lowest BCUT2D eigenvalue weighted by Gasteiger charge is -2.27. The maximum atomic E-state index is 12.8. The summed E-state index contributed by atoms with van der Waals surface area (Å²) in [6.07, 6.45) is 2.88. The van der Waals surface area contributed by atoms with E-state index in [0.717, 1.165) is 17.7 Å². The highest BCUT2D eigenvalue weighted by Crippen LogP contribution is 2.48. The molecule has 6 heteroatoms. The summed E-state index contributed by atoms with van der Waals surface area (Å²) in [5.41, 5.74) is 9.28. The second kappa shape index (κ2) is 5.87. The summed E-state index contributed by atoms with van der Waals surface area (Å²) in [6, 6.07) is 8.21. The second-order valence-electron chi connectivity index (χ2n) is 6.56. The van der Waals surface area contributed by atoms with Crippen molar-refractivity contribution in [1.29, 1.82) is 0 Å². The first kappa shape index (κ1) is 15.1. The molecular formula is C18H20N4O2. The number of aromatic nitrogens is 2. The van der Waals surface area contributed by atoms with Crippen LogP contribution >= 0.6 is 0 Å². The van der Waals surface area contributed by atoms with Crippen molar-refractivity contribution in [3.8, 4) is 0 Å². The van der Waals surface area contributed by atoms with Gasteiger partial charge in [0.1, 0.15) is 0 Å². The summed E-state index contributed by atoms with van der Waals surface area (Å²) in [7, 11) is 0. The van der Waals surface area contributed by atoms with Gasteiger partial charge in [-0.25, -0.2) is 4.98 Å². The van der Waals surface area contributed by atoms with Gasteiger partial charge in [-0.1, -0.05) is 24.3 Å². The molecule has 1 aromatic carbocycles. The number of nitrogens with one attached hydrogen (secondary N) is 1. The fourth-order valence-corrected chi connectivity index (χ4v) is 3.53. The number of benzene rings is 1. The van der Waals surface area contributed by atoms with Crippen LogP contribution in [0.1, 0.15) is 34.7 Å². The molecule has 24 heavy (non-hydrogen) atoms. The third-order valence-electron chi connectivity index (χ3n) is 5.07. The smallest absolute Gasteiger partial charge is 0.254 e. The molecule has 1 aliphatic carbocycles. The Labute approximate surface area is 139 Å². The molecule has 1 aliphatic heterocycles. The number of hydrogen-bond donors (Lipinski definition) is 2. The quantitative estimate of drug-likeness (QED) is 0.878. The molecule has 1 aromatic heterocycles. The molecule has 0 unspecified atom stereocenters. The van der Waals surface area contributed by atoms with Gasteiger partial charge >= 0.3 is 0 Å². The molecule has 2 aliphatic rings. The molecule has 2 aromatic rings. The lowest BCUT2D eigenvalue weighted by molar-refractivity contribution is -0.133. The summed E-state index contributed by atoms with van der Waals surface area (Å²) in [5, 5.41) is 0. The number of nitrogens with zero attached hydrogens (tertiary/aromatic N) is 2. The monoisotopic (exact) mass is 324 g/mol. The van der Waals surface area contributed by atoms with Crippen LogP contribution in [-0.2, 0) is 24.3 Å². The van der Waals surface area contributed by atoms with E-state index < -0.39 is 0 Å². The first-order valence-electron chi connectivity index (χ1n) is 8.30. The fourth-order valence-electron chi connectivity index (χ4n) is 3.53. The van der Waals surface area contributed by atoms with Crippen molar-refractivity contribution in [1.82, 2.24) is 14.9 Å². The van der Waals surface area contributed by atoms with Gasteiger partial charge in [-0.2, -0.15) is 0 Å². The molecule has 1 amide bonds. The highest BCUT2D eigenvalue weighted by Gasteiger charge is 2.46. The van der Waals surface area contributed by atoms with Crippen LogP contribution in [0.15, 0.2) is 35.4 Å². The molecular weight excluding hydrogens is 304 g/mol. The molecule has 0 radical (unpaired) electrons. The van der Waals surface area contributed by atoms with Gasteiger partial charge in [0.25, 0.3) is 5.56 Å². The Bertz CT molecular complexity index is 828. The molecule has 1 saturated carbocycles. The first-order chi connectivity index (χ1) is 11.7. The Balaban J connectivity index is 1.45. The maximum Gasteiger partial charge on any atom is 0.254 e. The number of rotatable bonds is 3. The number of carbonyl (C=O) groups excluding carboxylic acids is 1. The van der Waals surface area contributed by atoms with Crippen LogP contribution in [-0.4, -0.2) is 27.3 Å². The summed E-state index contributed by atoms with van der Waals surface area (Å²) in [6.45, 7) is 1.57. The van der Waals surface area contributed by atoms with Crippen molar-refractivity contribution in [2.24, 2.45) is 11.7 Å². The number of aromatic amines is 1. The Morgan fingerprint density at radius 1 is 1.33 bits per heavy atom. The van der Waals surface area contributed by atoms with E-state index in [1.807, 2.05) is 17.0 Å². The molecule has 0 saturated heterocycles. The molecule has 2 heterocycles. The molecule has 4 rings (SSSR count). The fraction of sp³-hybridized carbons (Fsp3) is 0.389. The molecule has 0 bridgehead atoms. The molecule has 0 spiro atoms. The minimum Gasteiger partial charge on any atom is -0.336 e. The SMILES string of the molecule is NCc1ccc([C@@H]2C[C@H]2C(=O)N2CCc3c(nc[nH]c3=O)C2)cc1. The van der Waals surface area contributed by atoms with Gasteiger partial charge in [0, 0.05) is 24.6 Å². The lowest BCUT2D eigenvalue weighted by atomic mass is 10.0. The number of fused-ring (bicyclic) bond motifs is 1. The standard InChI is InChI=1S/C18H20N4O2/c19-8-11-1-3-12(4-2-11)14-7-15(14)18(24)22-6-5-13-16(9-22)20-10-21-17(13)23/h1-4,10,14-15H,5-9,19H2,(H,20,21,23)/t14-,15+/m0/s1. The molecule has 6 nitrogen and oxygen atoms in total. The highest BCUT2D eigenvalue weighted by atomic mass is 16.2. The minimum absolute atomic E-state index is 0.0530. The average molecular weight is 324 g/mol. The Kier molecular flexibility index (Phi) is 3.69. The zero-order chi connectivity index (χ0) is 16.7. The van der Waals surface area contributed by atoms with Crippen molar-refractivity contribution in [3.63, 3.8) is 0 Å². The van der Waals surface area contributed by atoms with E-state index in [1.165, 1.54) is 11.9 Å². The number of nitrogens with two attached hydrogens (primary N) is 1. The third kappa shape index (κ3) is 2.63. The Hall–Kier alpha value is -2.47. The van der Waals surface area contributed by atoms with Gasteiger partial charge in [0.2, 0.25) is 5.91 Å². The van der Waals surface area contributed by atoms with Crippen molar-refractivity contribution in [3.05, 3.63) is 63.3 Å². The molecule has 1 fully saturated rings. The molecule has 3 N–H and O–H groups in total. The van der Waals surface area contributed by atoms with Crippen LogP contribution in [0.4, 0.5) is 0 Å². The van der Waals surface area contributed by atoms with Crippen LogP contribution in [0.3, 0.4) is 0 Å². The van der Waals surface area contributed by atoms with E-state index in [2.05, 4.69) is 22.1 Å². The zero-order valence-corrected chi connectivity index (χ0v) is 13.4. The Morgan fingerprint density at radius 2 is 2.12 bits per heavy atom. The van der Waals surface area contributed by atoms with Gasteiger partial charge in [-0.05, 0) is 29.9 Å². The zero-order valence-electron chi connectivity index (χ0n) is 13.4. The van der Waals surface area contributed by atoms with Gasteiger partial charge in [0.15, 0.2) is 0 Å². The lowest BCUT2D eigenvalue weighted by Crippen LogP contribution is -2.39. The predicted molar refractivity (Wildman–Crippen MR) is 89.2 cm³/mol. The number of H-pyrrole nitrogens is 1. The summed E-state index contributed by atoms with van der Waals surface area (Å²) < 4.78 is 0. The van der Waals surface area contributed by atoms with E-state index in [-0.39, 0.29) is 17.4 Å². The summed E-state index contributed by atoms with van der Waals surface area (Å²) >= 11 is 0. The molecule has 2 atom stereocenters. The van der Waals surface area contributed by atoms with E-state index in [4.69, 9.17) is 5.73 Å². The summed E-state index contributed by atoms with van der Waals surface area (Å²) in [4.78, 5) is 33.2. The Morgan fingerprint density at radius 3 is 2.88 bits per heavy atom. The maximum absolute atomic E-state index is 12.8. The minimum atomic E-state index is -0.0867. The van der Waals surface area contributed by atoms with Crippen LogP contribution in [0.2, 0.25) is 0 Å². The highest BCUT2D eigenvalue weighted by molar-refractivity contribution is 5.83. The van der Waals surface area contributed by atoms with Crippen molar-refractivity contribution in [2.75, 3.05) is 6.54 Å². The first-order valence-corrected chi connectivity index (χ1v) is 8.30. The molecule has 124 valence electrons. The topological polar surface area (TPSA) is 92.1 Å². The van der Waals surface area contributed by atoms with Gasteiger partial charge in [0.05, 0.1) is 18.6 Å². The van der Waals surface area contributed by atoms with Crippen molar-refractivity contribution < 1.29 is 4.79 Å². The number of carbonyl (C=O) groups is 1. The van der Waals surface area contributed by atoms with Crippen molar-refractivity contribution >= 4 is 5.91 Å². The van der Waals surface area contributed by atoms with Crippen LogP contribution in [0.25, 0.3) is 0 Å². The van der Waals surface area contributed by atoms with Crippen LogP contribution < -0.4 is 11.3 Å². The van der Waals surface area contributed by atoms with Gasteiger partial charge in [-0.15, -0.1) is 0 Å².